The molecule has 2 N–H and O–H groups in total. The second-order valence-corrected chi connectivity index (χ2v) is 6.28. The first-order valence-electron chi connectivity index (χ1n) is 8.50. The maximum atomic E-state index is 12.2. The molecule has 0 aromatic heterocycles. The van der Waals surface area contributed by atoms with Gasteiger partial charge in [0.15, 0.2) is 0 Å². The zero-order valence-electron chi connectivity index (χ0n) is 14.8. The molecule has 1 heterocycles. The van der Waals surface area contributed by atoms with Gasteiger partial charge in [-0.25, -0.2) is 4.79 Å². The summed E-state index contributed by atoms with van der Waals surface area (Å²) in [5, 5.41) is 5.77. The number of amides is 2. The molecule has 6 nitrogen and oxygen atoms in total. The van der Waals surface area contributed by atoms with Crippen LogP contribution in [0.1, 0.15) is 24.1 Å². The van der Waals surface area contributed by atoms with Crippen LogP contribution < -0.4 is 15.4 Å². The highest BCUT2D eigenvalue weighted by atomic mass is 16.5. The number of hydrogen-bond donors (Lipinski definition) is 2. The summed E-state index contributed by atoms with van der Waals surface area (Å²) >= 11 is 0. The molecule has 1 saturated heterocycles. The van der Waals surface area contributed by atoms with E-state index in [1.54, 1.807) is 14.0 Å². The minimum absolute atomic E-state index is 0.0980. The van der Waals surface area contributed by atoms with E-state index in [-0.39, 0.29) is 30.5 Å². The normalized spacial score (nSPS) is 21.8. The molecule has 0 aliphatic carbocycles. The second-order valence-electron chi connectivity index (χ2n) is 6.28. The largest absolute Gasteiger partial charge is 0.497 e. The standard InChI is InChI=1S/C20H22N2O4/c1-13-17(22-20(24)26-12-14-6-4-3-5-7-14)18(21-19(13)23)15-8-10-16(25-2)11-9-15/h3-11,13,17-18H,12H2,1-2H3,(H,21,23)(H,22,24)/t13-,17-,18+/m0/s1. The molecule has 0 spiro atoms. The maximum Gasteiger partial charge on any atom is 0.407 e. The number of nitrogens with one attached hydrogen (secondary N) is 2. The van der Waals surface area contributed by atoms with Gasteiger partial charge in [-0.15, -0.1) is 0 Å². The van der Waals surface area contributed by atoms with Crippen LogP contribution in [-0.4, -0.2) is 25.2 Å². The summed E-state index contributed by atoms with van der Waals surface area (Å²) in [7, 11) is 1.60. The van der Waals surface area contributed by atoms with E-state index in [0.717, 1.165) is 16.9 Å². The van der Waals surface area contributed by atoms with E-state index in [1.807, 2.05) is 54.6 Å². The summed E-state index contributed by atoms with van der Waals surface area (Å²) in [5.41, 5.74) is 1.81. The van der Waals surface area contributed by atoms with E-state index in [2.05, 4.69) is 10.6 Å². The number of alkyl carbamates (subject to hydrolysis) is 1. The van der Waals surface area contributed by atoms with Crippen LogP contribution in [0.25, 0.3) is 0 Å². The topological polar surface area (TPSA) is 76.7 Å². The third kappa shape index (κ3) is 3.96. The molecule has 0 bridgehead atoms. The molecular weight excluding hydrogens is 332 g/mol. The Bertz CT molecular complexity index is 761. The average molecular weight is 354 g/mol. The Labute approximate surface area is 152 Å². The SMILES string of the molecule is COc1ccc([C@H]2NC(=O)[C@@H](C)[C@@H]2NC(=O)OCc2ccccc2)cc1. The van der Waals surface area contributed by atoms with Crippen molar-refractivity contribution in [3.05, 3.63) is 65.7 Å². The van der Waals surface area contributed by atoms with Crippen molar-refractivity contribution < 1.29 is 19.1 Å². The van der Waals surface area contributed by atoms with E-state index in [4.69, 9.17) is 9.47 Å². The van der Waals surface area contributed by atoms with Gasteiger partial charge in [-0.05, 0) is 23.3 Å². The molecule has 0 radical (unpaired) electrons. The Morgan fingerprint density at radius 1 is 1.12 bits per heavy atom. The quantitative estimate of drug-likeness (QED) is 0.866. The maximum absolute atomic E-state index is 12.2. The predicted molar refractivity (Wildman–Crippen MR) is 96.6 cm³/mol. The Balaban J connectivity index is 1.66. The smallest absolute Gasteiger partial charge is 0.407 e. The fraction of sp³-hybridized carbons (Fsp3) is 0.300. The van der Waals surface area contributed by atoms with Crippen LogP contribution >= 0.6 is 0 Å². The molecule has 1 fully saturated rings. The summed E-state index contributed by atoms with van der Waals surface area (Å²) in [6, 6.07) is 16.2. The first kappa shape index (κ1) is 17.8. The van der Waals surface area contributed by atoms with Gasteiger partial charge in [0.1, 0.15) is 12.4 Å². The minimum atomic E-state index is -0.541. The number of carbonyl (C=O) groups is 2. The first-order chi connectivity index (χ1) is 12.6. The van der Waals surface area contributed by atoms with Gasteiger partial charge >= 0.3 is 6.09 Å². The fourth-order valence-electron chi connectivity index (χ4n) is 3.04. The summed E-state index contributed by atoms with van der Waals surface area (Å²) in [4.78, 5) is 24.3. The number of hydrogen-bond acceptors (Lipinski definition) is 4. The molecule has 1 aliphatic heterocycles. The molecule has 136 valence electrons. The monoisotopic (exact) mass is 354 g/mol. The van der Waals surface area contributed by atoms with Crippen molar-refractivity contribution in [1.29, 1.82) is 0 Å². The third-order valence-electron chi connectivity index (χ3n) is 4.58. The summed E-state index contributed by atoms with van der Waals surface area (Å²) in [5.74, 6) is 0.281. The molecule has 3 rings (SSSR count). The van der Waals surface area contributed by atoms with Crippen molar-refractivity contribution in [3.8, 4) is 5.75 Å². The second kappa shape index (κ2) is 7.91. The van der Waals surface area contributed by atoms with Crippen molar-refractivity contribution in [3.63, 3.8) is 0 Å². The number of benzene rings is 2. The number of ether oxygens (including phenoxy) is 2. The van der Waals surface area contributed by atoms with Crippen LogP contribution in [-0.2, 0) is 16.1 Å². The Morgan fingerprint density at radius 3 is 2.46 bits per heavy atom. The van der Waals surface area contributed by atoms with Gasteiger partial charge in [-0.2, -0.15) is 0 Å². The molecular formula is C20H22N2O4. The average Bonchev–Trinajstić information content (AvgIpc) is 2.95. The molecule has 0 saturated carbocycles. The highest BCUT2D eigenvalue weighted by Crippen LogP contribution is 2.29. The van der Waals surface area contributed by atoms with Crippen LogP contribution in [0.4, 0.5) is 4.79 Å². The Hall–Kier alpha value is -3.02. The lowest BCUT2D eigenvalue weighted by Crippen LogP contribution is -2.41. The lowest BCUT2D eigenvalue weighted by Gasteiger charge is -2.22. The van der Waals surface area contributed by atoms with E-state index >= 15 is 0 Å². The Kier molecular flexibility index (Phi) is 5.41. The molecule has 6 heteroatoms. The molecule has 0 unspecified atom stereocenters. The zero-order chi connectivity index (χ0) is 18.5. The van der Waals surface area contributed by atoms with Crippen molar-refractivity contribution in [2.24, 2.45) is 5.92 Å². The van der Waals surface area contributed by atoms with E-state index < -0.39 is 6.09 Å². The van der Waals surface area contributed by atoms with Gasteiger partial charge in [0.25, 0.3) is 0 Å². The van der Waals surface area contributed by atoms with Gasteiger partial charge < -0.3 is 20.1 Å². The van der Waals surface area contributed by atoms with Crippen molar-refractivity contribution in [1.82, 2.24) is 10.6 Å². The highest BCUT2D eigenvalue weighted by Gasteiger charge is 2.41. The van der Waals surface area contributed by atoms with Crippen LogP contribution in [0.5, 0.6) is 5.75 Å². The third-order valence-corrected chi connectivity index (χ3v) is 4.58. The highest BCUT2D eigenvalue weighted by molar-refractivity contribution is 5.83. The van der Waals surface area contributed by atoms with Crippen molar-refractivity contribution in [2.45, 2.75) is 25.6 Å². The summed E-state index contributed by atoms with van der Waals surface area (Å²) < 4.78 is 10.4. The minimum Gasteiger partial charge on any atom is -0.497 e. The zero-order valence-corrected chi connectivity index (χ0v) is 14.8. The molecule has 2 amide bonds. The molecule has 1 aliphatic rings. The molecule has 26 heavy (non-hydrogen) atoms. The number of rotatable bonds is 5. The van der Waals surface area contributed by atoms with E-state index in [0.29, 0.717) is 0 Å². The van der Waals surface area contributed by atoms with Gasteiger partial charge in [0.05, 0.1) is 25.1 Å². The van der Waals surface area contributed by atoms with Crippen LogP contribution in [0, 0.1) is 5.92 Å². The molecule has 3 atom stereocenters. The lowest BCUT2D eigenvalue weighted by atomic mass is 9.95. The van der Waals surface area contributed by atoms with Gasteiger partial charge in [-0.1, -0.05) is 49.4 Å². The lowest BCUT2D eigenvalue weighted by molar-refractivity contribution is -0.122. The van der Waals surface area contributed by atoms with Crippen LogP contribution in [0.2, 0.25) is 0 Å². The van der Waals surface area contributed by atoms with Crippen LogP contribution in [0.3, 0.4) is 0 Å². The Morgan fingerprint density at radius 2 is 1.81 bits per heavy atom. The fourth-order valence-corrected chi connectivity index (χ4v) is 3.04. The van der Waals surface area contributed by atoms with Gasteiger partial charge in [0.2, 0.25) is 5.91 Å². The molecule has 2 aromatic carbocycles. The summed E-state index contributed by atoms with van der Waals surface area (Å²) in [6.45, 7) is 1.98. The van der Waals surface area contributed by atoms with E-state index in [1.165, 1.54) is 0 Å². The number of carbonyl (C=O) groups excluding carboxylic acids is 2. The van der Waals surface area contributed by atoms with Crippen molar-refractivity contribution in [2.75, 3.05) is 7.11 Å². The predicted octanol–water partition coefficient (Wildman–Crippen LogP) is 2.80. The summed E-state index contributed by atoms with van der Waals surface area (Å²) in [6.07, 6.45) is -0.541. The van der Waals surface area contributed by atoms with Gasteiger partial charge in [0, 0.05) is 0 Å². The van der Waals surface area contributed by atoms with Gasteiger partial charge in [-0.3, -0.25) is 4.79 Å². The molecule has 2 aromatic rings. The number of methoxy groups -OCH3 is 1. The first-order valence-corrected chi connectivity index (χ1v) is 8.50. The van der Waals surface area contributed by atoms with E-state index in [9.17, 15) is 9.59 Å². The van der Waals surface area contributed by atoms with Crippen molar-refractivity contribution >= 4 is 12.0 Å². The van der Waals surface area contributed by atoms with Crippen LogP contribution in [0.15, 0.2) is 54.6 Å².